The lowest BCUT2D eigenvalue weighted by atomic mass is 10.1. The molecule has 3 N–H and O–H groups in total. The van der Waals surface area contributed by atoms with Crippen LogP contribution in [0.5, 0.6) is 0 Å². The molecule has 0 unspecified atom stereocenters. The number of benzene rings is 1. The molecule has 4 aromatic rings. The molecular weight excluding hydrogens is 388 g/mol. The second-order valence-corrected chi connectivity index (χ2v) is 6.44. The summed E-state index contributed by atoms with van der Waals surface area (Å²) in [6, 6.07) is 11.3. The number of fused-ring (bicyclic) bond motifs is 1. The zero-order chi connectivity index (χ0) is 20.8. The zero-order valence-electron chi connectivity index (χ0n) is 15.2. The molecule has 0 aliphatic carbocycles. The second kappa shape index (κ2) is 6.48. The number of carbonyl (C=O) groups is 2. The summed E-state index contributed by atoms with van der Waals surface area (Å²) in [4.78, 5) is 40.7. The maximum absolute atomic E-state index is 12.8. The number of hydrogen-bond donors (Lipinski definition) is 2. The van der Waals surface area contributed by atoms with Gasteiger partial charge in [-0.15, -0.1) is 10.2 Å². The molecule has 30 heavy (non-hydrogen) atoms. The Bertz CT molecular complexity index is 1390. The van der Waals surface area contributed by atoms with Gasteiger partial charge in [0.05, 0.1) is 22.4 Å². The summed E-state index contributed by atoms with van der Waals surface area (Å²) in [6.07, 6.45) is 3.20. The fourth-order valence-electron chi connectivity index (χ4n) is 3.32. The van der Waals surface area contributed by atoms with Crippen molar-refractivity contribution < 1.29 is 14.0 Å². The van der Waals surface area contributed by atoms with E-state index in [1.807, 2.05) is 0 Å². The topological polar surface area (TPSA) is 146 Å². The first-order chi connectivity index (χ1) is 14.5. The largest absolute Gasteiger partial charge is 0.416 e. The van der Waals surface area contributed by atoms with Gasteiger partial charge in [0.2, 0.25) is 11.8 Å². The molecule has 10 heteroatoms. The molecule has 5 rings (SSSR count). The molecule has 1 aliphatic heterocycles. The molecular formula is C20H12N6O4. The monoisotopic (exact) mass is 400 g/mol. The maximum atomic E-state index is 12.8. The summed E-state index contributed by atoms with van der Waals surface area (Å²) in [6.45, 7) is 0. The van der Waals surface area contributed by atoms with E-state index in [1.165, 1.54) is 0 Å². The number of nitrogens with one attached hydrogen (secondary N) is 1. The molecule has 2 amide bonds. The van der Waals surface area contributed by atoms with Crippen LogP contribution in [0.2, 0.25) is 0 Å². The normalized spacial score (nSPS) is 12.7. The van der Waals surface area contributed by atoms with Crippen molar-refractivity contribution in [3.8, 4) is 28.6 Å². The Balaban J connectivity index is 1.69. The van der Waals surface area contributed by atoms with Crippen molar-refractivity contribution in [1.82, 2.24) is 25.1 Å². The van der Waals surface area contributed by atoms with E-state index in [1.54, 1.807) is 48.8 Å². The van der Waals surface area contributed by atoms with Gasteiger partial charge in [-0.2, -0.15) is 0 Å². The number of nitrogen functional groups attached to an aromatic ring is 1. The van der Waals surface area contributed by atoms with Crippen LogP contribution in [0.4, 0.5) is 5.82 Å². The highest BCUT2D eigenvalue weighted by atomic mass is 16.4. The molecule has 146 valence electrons. The Morgan fingerprint density at radius 3 is 2.43 bits per heavy atom. The van der Waals surface area contributed by atoms with Crippen molar-refractivity contribution in [2.75, 3.05) is 5.73 Å². The van der Waals surface area contributed by atoms with Gasteiger partial charge >= 0.3 is 0 Å². The van der Waals surface area contributed by atoms with Crippen molar-refractivity contribution in [2.24, 2.45) is 0 Å². The summed E-state index contributed by atoms with van der Waals surface area (Å²) < 4.78 is 6.93. The number of nitrogens with two attached hydrogens (primary N) is 1. The number of carbonyl (C=O) groups excluding carboxylic acids is 2. The first kappa shape index (κ1) is 17.5. The molecule has 4 heterocycles. The minimum Gasteiger partial charge on any atom is -0.416 e. The summed E-state index contributed by atoms with van der Waals surface area (Å²) >= 11 is 0. The summed E-state index contributed by atoms with van der Waals surface area (Å²) in [7, 11) is 0. The lowest BCUT2D eigenvalue weighted by Gasteiger charge is -2.14. The highest BCUT2D eigenvalue weighted by Crippen LogP contribution is 2.30. The van der Waals surface area contributed by atoms with Gasteiger partial charge in [0.1, 0.15) is 5.82 Å². The zero-order valence-corrected chi connectivity index (χ0v) is 15.2. The van der Waals surface area contributed by atoms with Crippen LogP contribution in [0.15, 0.2) is 64.1 Å². The van der Waals surface area contributed by atoms with Crippen molar-refractivity contribution >= 4 is 17.6 Å². The second-order valence-electron chi connectivity index (χ2n) is 6.44. The van der Waals surface area contributed by atoms with E-state index in [2.05, 4.69) is 20.5 Å². The van der Waals surface area contributed by atoms with Gasteiger partial charge in [-0.25, -0.2) is 0 Å². The minimum atomic E-state index is -0.656. The van der Waals surface area contributed by atoms with Crippen LogP contribution in [0, 0.1) is 0 Å². The minimum absolute atomic E-state index is 0.0441. The number of nitrogens with zero attached hydrogens (tertiary/aromatic N) is 4. The third-order valence-corrected chi connectivity index (χ3v) is 4.68. The number of amides is 2. The molecule has 1 aromatic carbocycles. The Hall–Kier alpha value is -4.60. The van der Waals surface area contributed by atoms with E-state index in [-0.39, 0.29) is 28.7 Å². The van der Waals surface area contributed by atoms with Crippen LogP contribution < -0.4 is 16.6 Å². The van der Waals surface area contributed by atoms with Crippen molar-refractivity contribution in [2.45, 2.75) is 0 Å². The van der Waals surface area contributed by atoms with E-state index >= 15 is 0 Å². The SMILES string of the molecule is Nc1c2c(cc(=O)n1-c1ccccc1-c1nnc(-c3ccncc3)o1)C(=O)NC2=O. The standard InChI is InChI=1S/C20H12N6O4/c21-16-15-12(17(28)23-18(15)29)9-14(27)26(16)13-4-2-1-3-11(13)20-25-24-19(30-20)10-5-7-22-8-6-10/h1-9H,21H2,(H,23,28,29). The molecule has 0 saturated carbocycles. The predicted octanol–water partition coefficient (Wildman–Crippen LogP) is 1.42. The lowest BCUT2D eigenvalue weighted by Crippen LogP contribution is -2.24. The molecule has 0 atom stereocenters. The number of anilines is 1. The van der Waals surface area contributed by atoms with E-state index in [0.29, 0.717) is 16.8 Å². The van der Waals surface area contributed by atoms with Crippen molar-refractivity contribution in [1.29, 1.82) is 0 Å². The number of imide groups is 1. The first-order valence-corrected chi connectivity index (χ1v) is 8.79. The number of aromatic nitrogens is 4. The smallest absolute Gasteiger partial charge is 0.262 e. The number of hydrogen-bond acceptors (Lipinski definition) is 8. The summed E-state index contributed by atoms with van der Waals surface area (Å²) in [5.41, 5.74) is 6.93. The molecule has 0 bridgehead atoms. The van der Waals surface area contributed by atoms with Gasteiger partial charge in [0.25, 0.3) is 17.4 Å². The highest BCUT2D eigenvalue weighted by Gasteiger charge is 2.32. The van der Waals surface area contributed by atoms with Gasteiger partial charge in [-0.1, -0.05) is 12.1 Å². The predicted molar refractivity (Wildman–Crippen MR) is 105 cm³/mol. The van der Waals surface area contributed by atoms with Gasteiger partial charge in [0.15, 0.2) is 0 Å². The third kappa shape index (κ3) is 2.58. The van der Waals surface area contributed by atoms with Crippen LogP contribution in [-0.2, 0) is 0 Å². The Morgan fingerprint density at radius 2 is 1.63 bits per heavy atom. The van der Waals surface area contributed by atoms with Crippen molar-refractivity contribution in [3.05, 3.63) is 76.3 Å². The van der Waals surface area contributed by atoms with Gasteiger partial charge in [-0.3, -0.25) is 29.3 Å². The Morgan fingerprint density at radius 1 is 0.900 bits per heavy atom. The number of rotatable bonds is 3. The summed E-state index contributed by atoms with van der Waals surface area (Å²) in [5.74, 6) is -1.03. The molecule has 0 radical (unpaired) electrons. The maximum Gasteiger partial charge on any atom is 0.262 e. The van der Waals surface area contributed by atoms with Crippen LogP contribution >= 0.6 is 0 Å². The van der Waals surface area contributed by atoms with E-state index in [0.717, 1.165) is 10.6 Å². The van der Waals surface area contributed by atoms with Crippen LogP contribution in [-0.4, -0.2) is 31.6 Å². The highest BCUT2D eigenvalue weighted by molar-refractivity contribution is 6.23. The fourth-order valence-corrected chi connectivity index (χ4v) is 3.32. The average Bonchev–Trinajstić information content (AvgIpc) is 3.34. The van der Waals surface area contributed by atoms with Gasteiger partial charge in [0, 0.05) is 24.0 Å². The number of para-hydroxylation sites is 1. The molecule has 0 fully saturated rings. The van der Waals surface area contributed by atoms with Crippen molar-refractivity contribution in [3.63, 3.8) is 0 Å². The van der Waals surface area contributed by atoms with E-state index in [9.17, 15) is 14.4 Å². The Kier molecular flexibility index (Phi) is 3.78. The van der Waals surface area contributed by atoms with Gasteiger partial charge < -0.3 is 10.2 Å². The first-order valence-electron chi connectivity index (χ1n) is 8.79. The molecule has 0 spiro atoms. The third-order valence-electron chi connectivity index (χ3n) is 4.68. The molecule has 10 nitrogen and oxygen atoms in total. The van der Waals surface area contributed by atoms with E-state index in [4.69, 9.17) is 10.2 Å². The molecule has 3 aromatic heterocycles. The molecule has 1 aliphatic rings. The van der Waals surface area contributed by atoms with Crippen LogP contribution in [0.25, 0.3) is 28.6 Å². The van der Waals surface area contributed by atoms with Crippen LogP contribution in [0.1, 0.15) is 20.7 Å². The van der Waals surface area contributed by atoms with E-state index < -0.39 is 17.4 Å². The quantitative estimate of drug-likeness (QED) is 0.491. The summed E-state index contributed by atoms with van der Waals surface area (Å²) in [5, 5.41) is 10.3. The molecule has 0 saturated heterocycles. The average molecular weight is 400 g/mol. The van der Waals surface area contributed by atoms with Crippen LogP contribution in [0.3, 0.4) is 0 Å². The fraction of sp³-hybridized carbons (Fsp3) is 0. The number of pyridine rings is 2. The lowest BCUT2D eigenvalue weighted by molar-refractivity contribution is 0.0880. The van der Waals surface area contributed by atoms with Gasteiger partial charge in [-0.05, 0) is 24.3 Å². The Labute approximate surface area is 168 Å².